The Morgan fingerprint density at radius 1 is 1.18 bits per heavy atom. The standard InChI is InChI=1S/C18H24N2O2/c1-20(13-14-6-4-3-5-7-14)16(10-11-19)15-8-9-17(21)18(12-15)22-2/h3-9,12,16,21H,10-11,13,19H2,1-2H3. The highest BCUT2D eigenvalue weighted by Gasteiger charge is 2.18. The molecule has 0 saturated carbocycles. The van der Waals surface area contributed by atoms with Crippen LogP contribution in [0.4, 0.5) is 0 Å². The van der Waals surface area contributed by atoms with Crippen LogP contribution in [-0.2, 0) is 6.54 Å². The van der Waals surface area contributed by atoms with Crippen molar-refractivity contribution in [3.05, 3.63) is 59.7 Å². The lowest BCUT2D eigenvalue weighted by Crippen LogP contribution is -2.26. The van der Waals surface area contributed by atoms with Gasteiger partial charge in [-0.2, -0.15) is 0 Å². The fourth-order valence-corrected chi connectivity index (χ4v) is 2.68. The van der Waals surface area contributed by atoms with Crippen LogP contribution in [0, 0.1) is 0 Å². The van der Waals surface area contributed by atoms with Gasteiger partial charge < -0.3 is 15.6 Å². The quantitative estimate of drug-likeness (QED) is 0.825. The van der Waals surface area contributed by atoms with Gasteiger partial charge in [0, 0.05) is 12.6 Å². The van der Waals surface area contributed by atoms with Gasteiger partial charge in [0.1, 0.15) is 0 Å². The Labute approximate surface area is 132 Å². The highest BCUT2D eigenvalue weighted by Crippen LogP contribution is 2.32. The molecule has 1 atom stereocenters. The molecule has 0 fully saturated rings. The van der Waals surface area contributed by atoms with E-state index in [1.807, 2.05) is 30.3 Å². The molecule has 1 unspecified atom stereocenters. The maximum Gasteiger partial charge on any atom is 0.160 e. The van der Waals surface area contributed by atoms with E-state index in [1.54, 1.807) is 13.2 Å². The second-order valence-electron chi connectivity index (χ2n) is 5.43. The van der Waals surface area contributed by atoms with Crippen LogP contribution < -0.4 is 10.5 Å². The monoisotopic (exact) mass is 300 g/mol. The van der Waals surface area contributed by atoms with Crippen molar-refractivity contribution in [3.8, 4) is 11.5 Å². The molecule has 0 spiro atoms. The third-order valence-corrected chi connectivity index (χ3v) is 3.84. The van der Waals surface area contributed by atoms with Gasteiger partial charge in [-0.3, -0.25) is 4.90 Å². The van der Waals surface area contributed by atoms with E-state index in [0.29, 0.717) is 12.3 Å². The van der Waals surface area contributed by atoms with E-state index in [9.17, 15) is 5.11 Å². The minimum atomic E-state index is 0.156. The van der Waals surface area contributed by atoms with E-state index in [4.69, 9.17) is 10.5 Å². The van der Waals surface area contributed by atoms with Crippen LogP contribution in [0.3, 0.4) is 0 Å². The third-order valence-electron chi connectivity index (χ3n) is 3.84. The fraction of sp³-hybridized carbons (Fsp3) is 0.333. The van der Waals surface area contributed by atoms with Crippen LogP contribution in [0.25, 0.3) is 0 Å². The number of nitrogens with zero attached hydrogens (tertiary/aromatic N) is 1. The molecule has 0 aliphatic carbocycles. The maximum atomic E-state index is 9.76. The number of phenols is 1. The van der Waals surface area contributed by atoms with Crippen molar-refractivity contribution >= 4 is 0 Å². The van der Waals surface area contributed by atoms with Gasteiger partial charge in [0.2, 0.25) is 0 Å². The molecule has 0 amide bonds. The highest BCUT2D eigenvalue weighted by atomic mass is 16.5. The number of ether oxygens (including phenoxy) is 1. The number of rotatable bonds is 7. The van der Waals surface area contributed by atoms with Crippen LogP contribution in [-0.4, -0.2) is 30.7 Å². The first-order chi connectivity index (χ1) is 10.7. The van der Waals surface area contributed by atoms with Gasteiger partial charge in [-0.05, 0) is 43.3 Å². The van der Waals surface area contributed by atoms with Crippen molar-refractivity contribution in [3.63, 3.8) is 0 Å². The van der Waals surface area contributed by atoms with Crippen molar-refractivity contribution in [2.75, 3.05) is 20.7 Å². The molecule has 0 aliphatic rings. The van der Waals surface area contributed by atoms with E-state index >= 15 is 0 Å². The van der Waals surface area contributed by atoms with Gasteiger partial charge in [0.15, 0.2) is 11.5 Å². The number of benzene rings is 2. The average Bonchev–Trinajstić information content (AvgIpc) is 2.54. The summed E-state index contributed by atoms with van der Waals surface area (Å²) in [4.78, 5) is 2.27. The molecule has 22 heavy (non-hydrogen) atoms. The lowest BCUT2D eigenvalue weighted by atomic mass is 10.0. The first kappa shape index (κ1) is 16.3. The predicted molar refractivity (Wildman–Crippen MR) is 89.0 cm³/mol. The van der Waals surface area contributed by atoms with E-state index in [1.165, 1.54) is 5.56 Å². The Hall–Kier alpha value is -2.04. The van der Waals surface area contributed by atoms with Gasteiger partial charge >= 0.3 is 0 Å². The number of nitrogens with two attached hydrogens (primary N) is 1. The molecule has 4 heteroatoms. The zero-order chi connectivity index (χ0) is 15.9. The third kappa shape index (κ3) is 4.00. The zero-order valence-corrected chi connectivity index (χ0v) is 13.2. The van der Waals surface area contributed by atoms with Crippen LogP contribution in [0.15, 0.2) is 48.5 Å². The van der Waals surface area contributed by atoms with Gasteiger partial charge in [-0.25, -0.2) is 0 Å². The fourth-order valence-electron chi connectivity index (χ4n) is 2.68. The average molecular weight is 300 g/mol. The second-order valence-corrected chi connectivity index (χ2v) is 5.43. The molecule has 0 heterocycles. The SMILES string of the molecule is COc1cc(C(CCN)N(C)Cc2ccccc2)ccc1O. The minimum absolute atomic E-state index is 0.156. The van der Waals surface area contributed by atoms with Crippen molar-refractivity contribution in [1.82, 2.24) is 4.90 Å². The predicted octanol–water partition coefficient (Wildman–Crippen LogP) is 2.92. The minimum Gasteiger partial charge on any atom is -0.504 e. The summed E-state index contributed by atoms with van der Waals surface area (Å²) in [7, 11) is 3.65. The molecule has 3 N–H and O–H groups in total. The summed E-state index contributed by atoms with van der Waals surface area (Å²) >= 11 is 0. The molecule has 0 aliphatic heterocycles. The summed E-state index contributed by atoms with van der Waals surface area (Å²) in [6, 6.07) is 16.0. The van der Waals surface area contributed by atoms with Crippen molar-refractivity contribution < 1.29 is 9.84 Å². The molecular formula is C18H24N2O2. The Bertz CT molecular complexity index is 587. The molecular weight excluding hydrogens is 276 g/mol. The lowest BCUT2D eigenvalue weighted by molar-refractivity contribution is 0.226. The molecule has 0 aromatic heterocycles. The van der Waals surface area contributed by atoms with Crippen molar-refractivity contribution in [2.24, 2.45) is 5.73 Å². The van der Waals surface area contributed by atoms with Crippen LogP contribution >= 0.6 is 0 Å². The first-order valence-electron chi connectivity index (χ1n) is 7.47. The first-order valence-corrected chi connectivity index (χ1v) is 7.47. The summed E-state index contributed by atoms with van der Waals surface area (Å²) in [6.45, 7) is 1.45. The lowest BCUT2D eigenvalue weighted by Gasteiger charge is -2.28. The zero-order valence-electron chi connectivity index (χ0n) is 13.2. The number of hydrogen-bond donors (Lipinski definition) is 2. The van der Waals surface area contributed by atoms with Crippen molar-refractivity contribution in [2.45, 2.75) is 19.0 Å². The second kappa shape index (κ2) is 7.82. The highest BCUT2D eigenvalue weighted by molar-refractivity contribution is 5.42. The molecule has 0 saturated heterocycles. The number of aromatic hydroxyl groups is 1. The van der Waals surface area contributed by atoms with Gasteiger partial charge in [0.05, 0.1) is 7.11 Å². The van der Waals surface area contributed by atoms with Crippen LogP contribution in [0.2, 0.25) is 0 Å². The summed E-state index contributed by atoms with van der Waals surface area (Å²) in [5.41, 5.74) is 8.15. The number of phenolic OH excluding ortho intramolecular Hbond substituents is 1. The molecule has 2 aromatic carbocycles. The summed E-state index contributed by atoms with van der Waals surface area (Å²) in [6.07, 6.45) is 0.845. The molecule has 2 aromatic rings. The topological polar surface area (TPSA) is 58.7 Å². The molecule has 4 nitrogen and oxygen atoms in total. The summed E-state index contributed by atoms with van der Waals surface area (Å²) < 4.78 is 5.21. The van der Waals surface area contributed by atoms with E-state index in [0.717, 1.165) is 18.5 Å². The Balaban J connectivity index is 2.21. The maximum absolute atomic E-state index is 9.76. The Morgan fingerprint density at radius 3 is 2.55 bits per heavy atom. The van der Waals surface area contributed by atoms with E-state index in [-0.39, 0.29) is 11.8 Å². The molecule has 118 valence electrons. The Kier molecular flexibility index (Phi) is 5.81. The Morgan fingerprint density at radius 2 is 1.91 bits per heavy atom. The van der Waals surface area contributed by atoms with Gasteiger partial charge in [0.25, 0.3) is 0 Å². The largest absolute Gasteiger partial charge is 0.504 e. The van der Waals surface area contributed by atoms with Crippen LogP contribution in [0.5, 0.6) is 11.5 Å². The molecule has 0 radical (unpaired) electrons. The number of hydrogen-bond acceptors (Lipinski definition) is 4. The summed E-state index contributed by atoms with van der Waals surface area (Å²) in [5.74, 6) is 0.649. The van der Waals surface area contributed by atoms with Gasteiger partial charge in [-0.1, -0.05) is 36.4 Å². The number of methoxy groups -OCH3 is 1. The smallest absolute Gasteiger partial charge is 0.160 e. The normalized spacial score (nSPS) is 12.4. The van der Waals surface area contributed by atoms with E-state index in [2.05, 4.69) is 24.1 Å². The van der Waals surface area contributed by atoms with Crippen LogP contribution in [0.1, 0.15) is 23.6 Å². The van der Waals surface area contributed by atoms with Gasteiger partial charge in [-0.15, -0.1) is 0 Å². The molecule has 2 rings (SSSR count). The summed E-state index contributed by atoms with van der Waals surface area (Å²) in [5, 5.41) is 9.76. The molecule has 0 bridgehead atoms. The van der Waals surface area contributed by atoms with E-state index < -0.39 is 0 Å². The van der Waals surface area contributed by atoms with Crippen molar-refractivity contribution in [1.29, 1.82) is 0 Å².